The van der Waals surface area contributed by atoms with Crippen LogP contribution in [0.4, 0.5) is 0 Å². The minimum atomic E-state index is -0.962. The van der Waals surface area contributed by atoms with Crippen molar-refractivity contribution in [1.82, 2.24) is 0 Å². The molecule has 5 nitrogen and oxygen atoms in total. The number of hydrogen-bond acceptors (Lipinski definition) is 3. The Morgan fingerprint density at radius 2 is 1.74 bits per heavy atom. The number of aliphatic carboxylic acids is 1. The molecule has 19 heavy (non-hydrogen) atoms. The predicted molar refractivity (Wildman–Crippen MR) is 64.1 cm³/mol. The maximum Gasteiger partial charge on any atom is 0.362 e. The van der Waals surface area contributed by atoms with E-state index < -0.39 is 23.6 Å². The lowest BCUT2D eigenvalue weighted by Crippen LogP contribution is -3.00. The maximum atomic E-state index is 11.6. The predicted octanol–water partition coefficient (Wildman–Crippen LogP) is -2.91. The molecule has 0 fully saturated rings. The number of quaternary nitrogens is 1. The first-order valence-electron chi connectivity index (χ1n) is 5.68. The van der Waals surface area contributed by atoms with Crippen molar-refractivity contribution in [2.24, 2.45) is 0 Å². The number of carboxylic acid groups (broad SMARTS) is 1. The summed E-state index contributed by atoms with van der Waals surface area (Å²) in [5, 5.41) is 8.73. The molecule has 0 radical (unpaired) electrons. The molecule has 0 saturated heterocycles. The molecule has 0 heterocycles. The zero-order valence-electron chi connectivity index (χ0n) is 10.6. The molecule has 0 aromatic heterocycles. The Kier molecular flexibility index (Phi) is 6.96. The Bertz CT molecular complexity index is 470. The first-order valence-corrected chi connectivity index (χ1v) is 5.68. The van der Waals surface area contributed by atoms with E-state index in [0.717, 1.165) is 5.56 Å². The molecule has 1 rings (SSSR count). The number of ketones is 2. The standard InChI is InChI=1S/C13H15NO4.ClH/c1-2-11(15)12(16)9-5-3-8(4-6-9)7-10(14)13(17)18;/h3-6,10H,2,7,14H2,1H3,(H,17,18);1H. The second-order valence-electron chi connectivity index (χ2n) is 4.04. The zero-order chi connectivity index (χ0) is 13.7. The first kappa shape index (κ1) is 17.3. The van der Waals surface area contributed by atoms with E-state index >= 15 is 0 Å². The second kappa shape index (κ2) is 7.66. The molecule has 0 aliphatic heterocycles. The van der Waals surface area contributed by atoms with Crippen molar-refractivity contribution < 1.29 is 37.6 Å². The minimum Gasteiger partial charge on any atom is -1.00 e. The lowest BCUT2D eigenvalue weighted by Gasteiger charge is -2.04. The molecule has 1 aromatic rings. The Morgan fingerprint density at radius 3 is 2.16 bits per heavy atom. The summed E-state index contributed by atoms with van der Waals surface area (Å²) in [6.45, 7) is 1.63. The summed E-state index contributed by atoms with van der Waals surface area (Å²) < 4.78 is 0. The maximum absolute atomic E-state index is 11.6. The van der Waals surface area contributed by atoms with Crippen LogP contribution in [-0.4, -0.2) is 28.7 Å². The van der Waals surface area contributed by atoms with Gasteiger partial charge in [0.15, 0.2) is 6.04 Å². The van der Waals surface area contributed by atoms with Crippen LogP contribution in [0.3, 0.4) is 0 Å². The number of rotatable bonds is 6. The van der Waals surface area contributed by atoms with Gasteiger partial charge in [-0.1, -0.05) is 31.2 Å². The van der Waals surface area contributed by atoms with Gasteiger partial charge < -0.3 is 23.2 Å². The molecule has 0 spiro atoms. The van der Waals surface area contributed by atoms with Crippen LogP contribution in [0, 0.1) is 0 Å². The third kappa shape index (κ3) is 4.81. The highest BCUT2D eigenvalue weighted by molar-refractivity contribution is 6.43. The summed E-state index contributed by atoms with van der Waals surface area (Å²) in [5.41, 5.74) is 4.62. The molecule has 0 aliphatic rings. The number of carbonyl (C=O) groups excluding carboxylic acids is 2. The van der Waals surface area contributed by atoms with Crippen molar-refractivity contribution in [3.63, 3.8) is 0 Å². The molecule has 4 N–H and O–H groups in total. The quantitative estimate of drug-likeness (QED) is 0.432. The molecule has 1 aromatic carbocycles. The lowest BCUT2D eigenvalue weighted by molar-refractivity contribution is -0.407. The van der Waals surface area contributed by atoms with Gasteiger partial charge >= 0.3 is 5.97 Å². The van der Waals surface area contributed by atoms with Gasteiger partial charge in [-0.25, -0.2) is 4.79 Å². The Morgan fingerprint density at radius 1 is 1.21 bits per heavy atom. The van der Waals surface area contributed by atoms with Gasteiger partial charge in [0.2, 0.25) is 11.6 Å². The van der Waals surface area contributed by atoms with Gasteiger partial charge in [-0.3, -0.25) is 9.59 Å². The van der Waals surface area contributed by atoms with E-state index in [4.69, 9.17) is 5.11 Å². The van der Waals surface area contributed by atoms with Crippen molar-refractivity contribution in [2.45, 2.75) is 25.8 Å². The SMILES string of the molecule is CCC(=O)C(=O)c1ccc(CC([NH3+])C(=O)O)cc1.[Cl-]. The van der Waals surface area contributed by atoms with Crippen LogP contribution in [0.2, 0.25) is 0 Å². The van der Waals surface area contributed by atoms with Crippen molar-refractivity contribution in [2.75, 3.05) is 0 Å². The topological polar surface area (TPSA) is 99.1 Å². The molecule has 1 atom stereocenters. The molecule has 0 amide bonds. The largest absolute Gasteiger partial charge is 1.00 e. The molecule has 6 heteroatoms. The molecular formula is C13H16ClNO4. The van der Waals surface area contributed by atoms with Gasteiger partial charge in [-0.05, 0) is 5.56 Å². The van der Waals surface area contributed by atoms with Gasteiger partial charge in [-0.15, -0.1) is 0 Å². The van der Waals surface area contributed by atoms with E-state index in [-0.39, 0.29) is 18.8 Å². The Balaban J connectivity index is 0.00000324. The van der Waals surface area contributed by atoms with Crippen molar-refractivity contribution in [3.05, 3.63) is 35.4 Å². The summed E-state index contributed by atoms with van der Waals surface area (Å²) in [5.74, 6) is -1.90. The molecular weight excluding hydrogens is 270 g/mol. The van der Waals surface area contributed by atoms with E-state index in [1.807, 2.05) is 0 Å². The summed E-state index contributed by atoms with van der Waals surface area (Å²) >= 11 is 0. The van der Waals surface area contributed by atoms with Crippen molar-refractivity contribution in [3.8, 4) is 0 Å². The van der Waals surface area contributed by atoms with E-state index in [1.165, 1.54) is 0 Å². The normalized spacial score (nSPS) is 11.3. The minimum absolute atomic E-state index is 0. The summed E-state index contributed by atoms with van der Waals surface area (Å²) in [6.07, 6.45) is 0.478. The Labute approximate surface area is 117 Å². The molecule has 0 bridgehead atoms. The highest BCUT2D eigenvalue weighted by Gasteiger charge is 2.17. The number of halogens is 1. The number of carbonyl (C=O) groups is 3. The molecule has 0 aliphatic carbocycles. The van der Waals surface area contributed by atoms with Gasteiger partial charge in [0.25, 0.3) is 0 Å². The van der Waals surface area contributed by atoms with Crippen LogP contribution in [-0.2, 0) is 16.0 Å². The van der Waals surface area contributed by atoms with Gasteiger partial charge in [0.05, 0.1) is 0 Å². The van der Waals surface area contributed by atoms with Crippen molar-refractivity contribution >= 4 is 17.5 Å². The highest BCUT2D eigenvalue weighted by atomic mass is 35.5. The average Bonchev–Trinajstić information content (AvgIpc) is 2.37. The third-order valence-electron chi connectivity index (χ3n) is 2.62. The van der Waals surface area contributed by atoms with Crippen LogP contribution in [0.1, 0.15) is 29.3 Å². The molecule has 0 saturated carbocycles. The number of carboxylic acids is 1. The number of Topliss-reactive ketones (excluding diaryl/α,β-unsaturated/α-hetero) is 2. The van der Waals surface area contributed by atoms with E-state index in [9.17, 15) is 14.4 Å². The van der Waals surface area contributed by atoms with Crippen LogP contribution < -0.4 is 18.1 Å². The smallest absolute Gasteiger partial charge is 0.362 e. The summed E-state index contributed by atoms with van der Waals surface area (Å²) in [4.78, 5) is 33.4. The lowest BCUT2D eigenvalue weighted by atomic mass is 10.0. The zero-order valence-corrected chi connectivity index (χ0v) is 11.3. The van der Waals surface area contributed by atoms with Gasteiger partial charge in [0.1, 0.15) is 0 Å². The second-order valence-corrected chi connectivity index (χ2v) is 4.04. The van der Waals surface area contributed by atoms with E-state index in [2.05, 4.69) is 5.73 Å². The Hall–Kier alpha value is -1.72. The van der Waals surface area contributed by atoms with Gasteiger partial charge in [-0.2, -0.15) is 0 Å². The average molecular weight is 286 g/mol. The monoisotopic (exact) mass is 285 g/mol. The highest BCUT2D eigenvalue weighted by Crippen LogP contribution is 2.08. The summed E-state index contributed by atoms with van der Waals surface area (Å²) in [6, 6.07) is 5.66. The van der Waals surface area contributed by atoms with E-state index in [0.29, 0.717) is 12.0 Å². The van der Waals surface area contributed by atoms with Crippen LogP contribution in [0.25, 0.3) is 0 Å². The fraction of sp³-hybridized carbons (Fsp3) is 0.308. The van der Waals surface area contributed by atoms with E-state index in [1.54, 1.807) is 31.2 Å². The fourth-order valence-electron chi connectivity index (χ4n) is 1.49. The third-order valence-corrected chi connectivity index (χ3v) is 2.62. The number of benzene rings is 1. The van der Waals surface area contributed by atoms with Crippen LogP contribution in [0.15, 0.2) is 24.3 Å². The van der Waals surface area contributed by atoms with Crippen molar-refractivity contribution in [1.29, 1.82) is 0 Å². The van der Waals surface area contributed by atoms with Gasteiger partial charge in [0, 0.05) is 18.4 Å². The number of hydrogen-bond donors (Lipinski definition) is 2. The molecule has 104 valence electrons. The van der Waals surface area contributed by atoms with Crippen LogP contribution in [0.5, 0.6) is 0 Å². The fourth-order valence-corrected chi connectivity index (χ4v) is 1.49. The molecule has 1 unspecified atom stereocenters. The summed E-state index contributed by atoms with van der Waals surface area (Å²) in [7, 11) is 0. The first-order chi connectivity index (χ1) is 8.45. The van der Waals surface area contributed by atoms with Crippen LogP contribution >= 0.6 is 0 Å².